The summed E-state index contributed by atoms with van der Waals surface area (Å²) in [5.74, 6) is 0.191. The number of hydrogen-bond acceptors (Lipinski definition) is 3. The summed E-state index contributed by atoms with van der Waals surface area (Å²) >= 11 is 0. The fourth-order valence-corrected chi connectivity index (χ4v) is 3.38. The Balaban J connectivity index is 2.16. The fraction of sp³-hybridized carbons (Fsp3) is 0.857. The molecular formula is C14H25N3O2. The molecule has 0 aromatic heterocycles. The predicted octanol–water partition coefficient (Wildman–Crippen LogP) is 2.08. The number of piperidine rings is 1. The van der Waals surface area contributed by atoms with E-state index in [-0.39, 0.29) is 11.7 Å². The highest BCUT2D eigenvalue weighted by atomic mass is 16.4. The first-order valence-electron chi connectivity index (χ1n) is 7.45. The van der Waals surface area contributed by atoms with Crippen molar-refractivity contribution in [2.75, 3.05) is 6.54 Å². The van der Waals surface area contributed by atoms with Crippen molar-refractivity contribution in [3.8, 4) is 0 Å². The standard InChI is InChI=1S/C14H25N3O2/c1-2-6-11-7-3-4-10-17(11)13(18)14(8-5-9-14)12(15)16-19/h11,19H,2-10H2,1H3,(H2,15,16). The number of nitrogens with zero attached hydrogens (tertiary/aromatic N) is 2. The zero-order chi connectivity index (χ0) is 13.9. The van der Waals surface area contributed by atoms with Crippen molar-refractivity contribution in [3.05, 3.63) is 0 Å². The van der Waals surface area contributed by atoms with E-state index in [4.69, 9.17) is 10.9 Å². The van der Waals surface area contributed by atoms with Crippen LogP contribution in [0.25, 0.3) is 0 Å². The molecule has 0 aromatic carbocycles. The molecule has 1 aliphatic heterocycles. The van der Waals surface area contributed by atoms with E-state index in [1.165, 1.54) is 6.42 Å². The second-order valence-electron chi connectivity index (χ2n) is 5.86. The minimum atomic E-state index is -0.710. The first-order valence-corrected chi connectivity index (χ1v) is 7.45. The molecule has 5 heteroatoms. The molecule has 0 radical (unpaired) electrons. The zero-order valence-electron chi connectivity index (χ0n) is 11.8. The lowest BCUT2D eigenvalue weighted by Gasteiger charge is -2.46. The average Bonchev–Trinajstić information content (AvgIpc) is 2.38. The monoisotopic (exact) mass is 267 g/mol. The second kappa shape index (κ2) is 5.80. The summed E-state index contributed by atoms with van der Waals surface area (Å²) in [6, 6.07) is 0.343. The molecule has 108 valence electrons. The van der Waals surface area contributed by atoms with Crippen LogP contribution in [0.5, 0.6) is 0 Å². The zero-order valence-corrected chi connectivity index (χ0v) is 11.8. The van der Waals surface area contributed by atoms with Crippen molar-refractivity contribution < 1.29 is 10.0 Å². The Hall–Kier alpha value is -1.26. The van der Waals surface area contributed by atoms with Crippen LogP contribution in [0.3, 0.4) is 0 Å². The Labute approximate surface area is 114 Å². The van der Waals surface area contributed by atoms with Gasteiger partial charge in [-0.25, -0.2) is 0 Å². The third-order valence-corrected chi connectivity index (χ3v) is 4.72. The highest BCUT2D eigenvalue weighted by molar-refractivity contribution is 6.07. The molecule has 1 saturated carbocycles. The van der Waals surface area contributed by atoms with Crippen LogP contribution >= 0.6 is 0 Å². The molecule has 19 heavy (non-hydrogen) atoms. The van der Waals surface area contributed by atoms with E-state index >= 15 is 0 Å². The van der Waals surface area contributed by atoms with Crippen LogP contribution in [0.4, 0.5) is 0 Å². The largest absolute Gasteiger partial charge is 0.409 e. The highest BCUT2D eigenvalue weighted by Gasteiger charge is 2.51. The maximum absolute atomic E-state index is 12.8. The van der Waals surface area contributed by atoms with Gasteiger partial charge in [0.15, 0.2) is 5.84 Å². The summed E-state index contributed by atoms with van der Waals surface area (Å²) in [5.41, 5.74) is 5.08. The quantitative estimate of drug-likeness (QED) is 0.354. The van der Waals surface area contributed by atoms with Crippen molar-refractivity contribution in [1.82, 2.24) is 4.90 Å². The van der Waals surface area contributed by atoms with Crippen LogP contribution in [0.15, 0.2) is 5.16 Å². The molecule has 2 aliphatic rings. The van der Waals surface area contributed by atoms with Crippen LogP contribution in [0, 0.1) is 5.41 Å². The summed E-state index contributed by atoms with van der Waals surface area (Å²) < 4.78 is 0. The lowest BCUT2D eigenvalue weighted by molar-refractivity contribution is -0.146. The first-order chi connectivity index (χ1) is 9.15. The first kappa shape index (κ1) is 14.2. The summed E-state index contributed by atoms with van der Waals surface area (Å²) in [5, 5.41) is 12.1. The number of amidine groups is 1. The van der Waals surface area contributed by atoms with Crippen LogP contribution in [0.2, 0.25) is 0 Å². The van der Waals surface area contributed by atoms with E-state index in [0.29, 0.717) is 6.04 Å². The van der Waals surface area contributed by atoms with Crippen molar-refractivity contribution in [3.63, 3.8) is 0 Å². The summed E-state index contributed by atoms with van der Waals surface area (Å²) in [4.78, 5) is 14.8. The van der Waals surface area contributed by atoms with E-state index in [1.54, 1.807) is 0 Å². The molecule has 0 aromatic rings. The van der Waals surface area contributed by atoms with Gasteiger partial charge in [0.25, 0.3) is 0 Å². The van der Waals surface area contributed by atoms with Gasteiger partial charge in [0.05, 0.1) is 0 Å². The number of rotatable bonds is 4. The summed E-state index contributed by atoms with van der Waals surface area (Å²) in [6.07, 6.45) is 7.92. The molecule has 1 amide bonds. The SMILES string of the molecule is CCCC1CCCCN1C(=O)C1(C(N)=NO)CCC1. The molecule has 0 bridgehead atoms. The third kappa shape index (κ3) is 2.42. The molecule has 1 atom stereocenters. The number of carbonyl (C=O) groups is 1. The second-order valence-corrected chi connectivity index (χ2v) is 5.86. The highest BCUT2D eigenvalue weighted by Crippen LogP contribution is 2.44. The van der Waals surface area contributed by atoms with Crippen LogP contribution in [-0.2, 0) is 4.79 Å². The van der Waals surface area contributed by atoms with Gasteiger partial charge in [-0.05, 0) is 38.5 Å². The van der Waals surface area contributed by atoms with Gasteiger partial charge < -0.3 is 15.8 Å². The summed E-state index contributed by atoms with van der Waals surface area (Å²) in [7, 11) is 0. The maximum atomic E-state index is 12.8. The number of likely N-dealkylation sites (tertiary alicyclic amines) is 1. The minimum absolute atomic E-state index is 0.0900. The van der Waals surface area contributed by atoms with Crippen LogP contribution in [0.1, 0.15) is 58.3 Å². The fourth-order valence-electron chi connectivity index (χ4n) is 3.38. The number of nitrogens with two attached hydrogens (primary N) is 1. The Morgan fingerprint density at radius 1 is 1.42 bits per heavy atom. The van der Waals surface area contributed by atoms with Gasteiger partial charge in [0.1, 0.15) is 5.41 Å². The molecule has 2 rings (SSSR count). The van der Waals surface area contributed by atoms with E-state index in [0.717, 1.165) is 51.5 Å². The van der Waals surface area contributed by atoms with Gasteiger partial charge in [-0.3, -0.25) is 4.79 Å². The van der Waals surface area contributed by atoms with E-state index in [9.17, 15) is 4.79 Å². The normalized spacial score (nSPS) is 26.9. The molecule has 2 fully saturated rings. The predicted molar refractivity (Wildman–Crippen MR) is 74.0 cm³/mol. The van der Waals surface area contributed by atoms with Gasteiger partial charge in [-0.1, -0.05) is 24.9 Å². The Morgan fingerprint density at radius 3 is 2.68 bits per heavy atom. The van der Waals surface area contributed by atoms with Crippen LogP contribution < -0.4 is 5.73 Å². The number of amides is 1. The molecule has 1 aliphatic carbocycles. The van der Waals surface area contributed by atoms with Crippen molar-refractivity contribution in [1.29, 1.82) is 0 Å². The minimum Gasteiger partial charge on any atom is -0.409 e. The molecule has 1 saturated heterocycles. The van der Waals surface area contributed by atoms with Crippen LogP contribution in [-0.4, -0.2) is 34.4 Å². The molecule has 3 N–H and O–H groups in total. The maximum Gasteiger partial charge on any atom is 0.236 e. The Morgan fingerprint density at radius 2 is 2.16 bits per heavy atom. The van der Waals surface area contributed by atoms with Gasteiger partial charge in [-0.2, -0.15) is 0 Å². The lowest BCUT2D eigenvalue weighted by atomic mass is 9.66. The van der Waals surface area contributed by atoms with E-state index in [1.807, 2.05) is 4.90 Å². The van der Waals surface area contributed by atoms with Gasteiger partial charge in [-0.15, -0.1) is 0 Å². The van der Waals surface area contributed by atoms with E-state index in [2.05, 4.69) is 12.1 Å². The van der Waals surface area contributed by atoms with Crippen molar-refractivity contribution >= 4 is 11.7 Å². The Bertz CT molecular complexity index is 362. The lowest BCUT2D eigenvalue weighted by Crippen LogP contribution is -2.58. The molecule has 1 heterocycles. The van der Waals surface area contributed by atoms with Crippen molar-refractivity contribution in [2.24, 2.45) is 16.3 Å². The molecule has 5 nitrogen and oxygen atoms in total. The number of hydrogen-bond donors (Lipinski definition) is 2. The Kier molecular flexibility index (Phi) is 4.32. The average molecular weight is 267 g/mol. The molecular weight excluding hydrogens is 242 g/mol. The number of oxime groups is 1. The summed E-state index contributed by atoms with van der Waals surface area (Å²) in [6.45, 7) is 2.98. The smallest absolute Gasteiger partial charge is 0.236 e. The third-order valence-electron chi connectivity index (χ3n) is 4.72. The molecule has 0 spiro atoms. The topological polar surface area (TPSA) is 78.9 Å². The number of carbonyl (C=O) groups excluding carboxylic acids is 1. The van der Waals surface area contributed by atoms with Gasteiger partial charge >= 0.3 is 0 Å². The van der Waals surface area contributed by atoms with Gasteiger partial charge in [0.2, 0.25) is 5.91 Å². The molecule has 1 unspecified atom stereocenters. The van der Waals surface area contributed by atoms with Crippen molar-refractivity contribution in [2.45, 2.75) is 64.3 Å². The van der Waals surface area contributed by atoms with Gasteiger partial charge in [0, 0.05) is 12.6 Å². The van der Waals surface area contributed by atoms with E-state index < -0.39 is 5.41 Å².